The maximum atomic E-state index is 12.8. The Morgan fingerprint density at radius 1 is 0.826 bits per heavy atom. The van der Waals surface area contributed by atoms with Crippen molar-refractivity contribution in [2.24, 2.45) is 0 Å². The summed E-state index contributed by atoms with van der Waals surface area (Å²) in [6, 6.07) is 15.4. The van der Waals surface area contributed by atoms with Crippen LogP contribution in [0.3, 0.4) is 0 Å². The van der Waals surface area contributed by atoms with Crippen LogP contribution in [-0.2, 0) is 24.4 Å². The van der Waals surface area contributed by atoms with Gasteiger partial charge in [0, 0.05) is 32.7 Å². The Kier molecular flexibility index (Phi) is 5.75. The van der Waals surface area contributed by atoms with Crippen molar-refractivity contribution < 1.29 is 9.13 Å². The molecule has 2 aromatic carbocycles. The number of rotatable bonds is 6. The van der Waals surface area contributed by atoms with E-state index in [1.165, 1.54) is 23.3 Å². The van der Waals surface area contributed by atoms with Gasteiger partial charge in [-0.3, -0.25) is 4.90 Å². The molecule has 2 aromatic rings. The molecule has 1 N–H and O–H groups in total. The predicted octanol–water partition coefficient (Wildman–Crippen LogP) is 2.95. The molecule has 3 nitrogen and oxygen atoms in total. The van der Waals surface area contributed by atoms with E-state index in [0.717, 1.165) is 51.5 Å². The van der Waals surface area contributed by atoms with Crippen molar-refractivity contribution in [2.75, 3.05) is 26.3 Å². The first-order valence-electron chi connectivity index (χ1n) is 8.13. The Balaban J connectivity index is 1.44. The summed E-state index contributed by atoms with van der Waals surface area (Å²) in [7, 11) is 0. The van der Waals surface area contributed by atoms with Crippen molar-refractivity contribution in [1.29, 1.82) is 0 Å². The third-order valence-corrected chi connectivity index (χ3v) is 4.10. The highest BCUT2D eigenvalue weighted by molar-refractivity contribution is 5.23. The molecule has 1 saturated heterocycles. The summed E-state index contributed by atoms with van der Waals surface area (Å²) in [4.78, 5) is 2.42. The molecule has 1 fully saturated rings. The highest BCUT2D eigenvalue weighted by Crippen LogP contribution is 2.09. The van der Waals surface area contributed by atoms with Crippen LogP contribution in [0.4, 0.5) is 4.39 Å². The monoisotopic (exact) mass is 314 g/mol. The fourth-order valence-electron chi connectivity index (χ4n) is 2.73. The molecule has 0 unspecified atom stereocenters. The van der Waals surface area contributed by atoms with Gasteiger partial charge in [-0.15, -0.1) is 0 Å². The zero-order chi connectivity index (χ0) is 15.9. The van der Waals surface area contributed by atoms with E-state index in [-0.39, 0.29) is 5.82 Å². The minimum atomic E-state index is -0.190. The molecule has 0 amide bonds. The smallest absolute Gasteiger partial charge is 0.123 e. The van der Waals surface area contributed by atoms with E-state index < -0.39 is 0 Å². The average molecular weight is 314 g/mol. The van der Waals surface area contributed by atoms with Gasteiger partial charge in [-0.25, -0.2) is 4.39 Å². The van der Waals surface area contributed by atoms with E-state index >= 15 is 0 Å². The van der Waals surface area contributed by atoms with E-state index in [1.54, 1.807) is 0 Å². The molecule has 0 aromatic heterocycles. The van der Waals surface area contributed by atoms with Gasteiger partial charge in [-0.1, -0.05) is 36.4 Å². The van der Waals surface area contributed by atoms with Gasteiger partial charge >= 0.3 is 0 Å². The van der Waals surface area contributed by atoms with Crippen LogP contribution in [-0.4, -0.2) is 31.2 Å². The Hall–Kier alpha value is -1.75. The maximum Gasteiger partial charge on any atom is 0.123 e. The maximum absolute atomic E-state index is 12.8. The Labute approximate surface area is 137 Å². The van der Waals surface area contributed by atoms with Crippen molar-refractivity contribution in [3.8, 4) is 0 Å². The van der Waals surface area contributed by atoms with Gasteiger partial charge in [0.2, 0.25) is 0 Å². The van der Waals surface area contributed by atoms with Gasteiger partial charge in [0.25, 0.3) is 0 Å². The molecule has 3 rings (SSSR count). The SMILES string of the molecule is Fc1ccc(CNCc2ccc(CN3CCOCC3)cc2)cc1. The van der Waals surface area contributed by atoms with E-state index in [1.807, 2.05) is 12.1 Å². The molecular weight excluding hydrogens is 291 g/mol. The number of hydrogen-bond donors (Lipinski definition) is 1. The molecule has 1 aliphatic rings. The van der Waals surface area contributed by atoms with Crippen LogP contribution in [0.2, 0.25) is 0 Å². The predicted molar refractivity (Wildman–Crippen MR) is 89.5 cm³/mol. The molecule has 0 saturated carbocycles. The summed E-state index contributed by atoms with van der Waals surface area (Å²) >= 11 is 0. The Morgan fingerprint density at radius 3 is 1.96 bits per heavy atom. The molecule has 0 spiro atoms. The zero-order valence-corrected chi connectivity index (χ0v) is 13.3. The van der Waals surface area contributed by atoms with Gasteiger partial charge in [0.1, 0.15) is 5.82 Å². The fraction of sp³-hybridized carbons (Fsp3) is 0.368. The van der Waals surface area contributed by atoms with E-state index in [0.29, 0.717) is 0 Å². The molecule has 0 bridgehead atoms. The van der Waals surface area contributed by atoms with E-state index in [4.69, 9.17) is 4.74 Å². The van der Waals surface area contributed by atoms with Gasteiger partial charge in [-0.2, -0.15) is 0 Å². The lowest BCUT2D eigenvalue weighted by atomic mass is 10.1. The van der Waals surface area contributed by atoms with Crippen LogP contribution in [0.25, 0.3) is 0 Å². The van der Waals surface area contributed by atoms with Crippen molar-refractivity contribution in [1.82, 2.24) is 10.2 Å². The van der Waals surface area contributed by atoms with Gasteiger partial charge in [-0.05, 0) is 28.8 Å². The summed E-state index contributed by atoms with van der Waals surface area (Å²) in [5.74, 6) is -0.190. The third kappa shape index (κ3) is 5.13. The van der Waals surface area contributed by atoms with E-state index in [9.17, 15) is 4.39 Å². The zero-order valence-electron chi connectivity index (χ0n) is 13.3. The molecule has 1 aliphatic heterocycles. The van der Waals surface area contributed by atoms with Gasteiger partial charge in [0.05, 0.1) is 13.2 Å². The van der Waals surface area contributed by atoms with Crippen molar-refractivity contribution in [3.05, 3.63) is 71.0 Å². The molecule has 0 radical (unpaired) electrons. The topological polar surface area (TPSA) is 24.5 Å². The number of hydrogen-bond acceptors (Lipinski definition) is 3. The number of halogens is 1. The highest BCUT2D eigenvalue weighted by atomic mass is 19.1. The first kappa shape index (κ1) is 16.1. The Bertz CT molecular complexity index is 592. The summed E-state index contributed by atoms with van der Waals surface area (Å²) in [5.41, 5.74) is 3.70. The number of nitrogens with one attached hydrogen (secondary N) is 1. The van der Waals surface area contributed by atoms with Crippen molar-refractivity contribution in [3.63, 3.8) is 0 Å². The van der Waals surface area contributed by atoms with Gasteiger partial charge < -0.3 is 10.1 Å². The summed E-state index contributed by atoms with van der Waals surface area (Å²) in [6.45, 7) is 6.26. The fourth-order valence-corrected chi connectivity index (χ4v) is 2.73. The van der Waals surface area contributed by atoms with Crippen LogP contribution in [0.15, 0.2) is 48.5 Å². The summed E-state index contributed by atoms with van der Waals surface area (Å²) in [5, 5.41) is 3.39. The van der Waals surface area contributed by atoms with E-state index in [2.05, 4.69) is 34.5 Å². The van der Waals surface area contributed by atoms with Gasteiger partial charge in [0.15, 0.2) is 0 Å². The van der Waals surface area contributed by atoms with Crippen LogP contribution < -0.4 is 5.32 Å². The molecule has 4 heteroatoms. The quantitative estimate of drug-likeness (QED) is 0.887. The highest BCUT2D eigenvalue weighted by Gasteiger charge is 2.10. The number of morpholine rings is 1. The molecule has 23 heavy (non-hydrogen) atoms. The van der Waals surface area contributed by atoms with Crippen LogP contribution in [0, 0.1) is 5.82 Å². The first-order chi connectivity index (χ1) is 11.3. The van der Waals surface area contributed by atoms with Crippen LogP contribution >= 0.6 is 0 Å². The van der Waals surface area contributed by atoms with Crippen LogP contribution in [0.5, 0.6) is 0 Å². The Morgan fingerprint density at radius 2 is 1.35 bits per heavy atom. The number of ether oxygens (including phenoxy) is 1. The lowest BCUT2D eigenvalue weighted by molar-refractivity contribution is 0.0342. The van der Waals surface area contributed by atoms with Crippen molar-refractivity contribution in [2.45, 2.75) is 19.6 Å². The molecular formula is C19H23FN2O. The first-order valence-corrected chi connectivity index (χ1v) is 8.13. The molecule has 0 aliphatic carbocycles. The minimum Gasteiger partial charge on any atom is -0.379 e. The minimum absolute atomic E-state index is 0.190. The van der Waals surface area contributed by atoms with Crippen molar-refractivity contribution >= 4 is 0 Å². The molecule has 1 heterocycles. The second kappa shape index (κ2) is 8.20. The standard InChI is InChI=1S/C19H23FN2O/c20-19-7-5-17(6-8-19)14-21-13-16-1-3-18(4-2-16)15-22-9-11-23-12-10-22/h1-8,21H,9-15H2. The number of benzene rings is 2. The average Bonchev–Trinajstić information content (AvgIpc) is 2.59. The lowest BCUT2D eigenvalue weighted by Crippen LogP contribution is -2.35. The summed E-state index contributed by atoms with van der Waals surface area (Å²) < 4.78 is 18.2. The normalized spacial score (nSPS) is 15.7. The largest absolute Gasteiger partial charge is 0.379 e. The number of nitrogens with zero attached hydrogens (tertiary/aromatic N) is 1. The van der Waals surface area contributed by atoms with Crippen LogP contribution in [0.1, 0.15) is 16.7 Å². The summed E-state index contributed by atoms with van der Waals surface area (Å²) in [6.07, 6.45) is 0. The molecule has 122 valence electrons. The second-order valence-corrected chi connectivity index (χ2v) is 5.94. The second-order valence-electron chi connectivity index (χ2n) is 5.94. The lowest BCUT2D eigenvalue weighted by Gasteiger charge is -2.26. The molecule has 0 atom stereocenters. The third-order valence-electron chi connectivity index (χ3n) is 4.10.